The lowest BCUT2D eigenvalue weighted by molar-refractivity contribution is 0.847. The van der Waals surface area contributed by atoms with Crippen LogP contribution in [0, 0.1) is 0 Å². The van der Waals surface area contributed by atoms with E-state index in [9.17, 15) is 0 Å². The van der Waals surface area contributed by atoms with Crippen molar-refractivity contribution in [1.29, 1.82) is 0 Å². The first-order valence-corrected chi connectivity index (χ1v) is 5.38. The molecule has 0 saturated carbocycles. The summed E-state index contributed by atoms with van der Waals surface area (Å²) in [6.45, 7) is 0. The molecule has 18 heavy (non-hydrogen) atoms. The minimum absolute atomic E-state index is 0.442. The number of anilines is 1. The van der Waals surface area contributed by atoms with E-state index in [1.807, 2.05) is 24.4 Å². The van der Waals surface area contributed by atoms with Crippen molar-refractivity contribution in [3.05, 3.63) is 49.1 Å². The van der Waals surface area contributed by atoms with Crippen molar-refractivity contribution >= 4 is 5.82 Å². The van der Waals surface area contributed by atoms with Crippen molar-refractivity contribution in [2.45, 2.75) is 0 Å². The van der Waals surface area contributed by atoms with Crippen LogP contribution in [0.15, 0.2) is 49.1 Å². The van der Waals surface area contributed by atoms with Crippen LogP contribution in [0.4, 0.5) is 5.82 Å². The molecule has 88 valence electrons. The summed E-state index contributed by atoms with van der Waals surface area (Å²) >= 11 is 0. The molecule has 0 bridgehead atoms. The third-order valence-electron chi connectivity index (χ3n) is 2.42. The SMILES string of the molecule is Nc1ccnc(-c2ccnc(-n3cccn3)c2)n1. The number of nitrogens with two attached hydrogens (primary N) is 1. The fourth-order valence-electron chi connectivity index (χ4n) is 1.60. The molecule has 3 rings (SSSR count). The van der Waals surface area contributed by atoms with E-state index in [-0.39, 0.29) is 0 Å². The van der Waals surface area contributed by atoms with Crippen molar-refractivity contribution in [2.24, 2.45) is 0 Å². The molecule has 0 unspecified atom stereocenters. The minimum Gasteiger partial charge on any atom is -0.384 e. The lowest BCUT2D eigenvalue weighted by Crippen LogP contribution is -1.99. The molecular formula is C12H10N6. The summed E-state index contributed by atoms with van der Waals surface area (Å²) in [6, 6.07) is 7.19. The number of hydrogen-bond acceptors (Lipinski definition) is 5. The maximum absolute atomic E-state index is 5.64. The Labute approximate surface area is 103 Å². The van der Waals surface area contributed by atoms with Gasteiger partial charge in [0.05, 0.1) is 0 Å². The Hall–Kier alpha value is -2.76. The van der Waals surface area contributed by atoms with Crippen LogP contribution in [0.2, 0.25) is 0 Å². The van der Waals surface area contributed by atoms with Gasteiger partial charge in [-0.15, -0.1) is 0 Å². The third kappa shape index (κ3) is 1.91. The fourth-order valence-corrected chi connectivity index (χ4v) is 1.60. The molecule has 0 amide bonds. The molecule has 0 fully saturated rings. The molecule has 0 saturated heterocycles. The lowest BCUT2D eigenvalue weighted by Gasteiger charge is -2.03. The van der Waals surface area contributed by atoms with E-state index in [0.29, 0.717) is 17.5 Å². The van der Waals surface area contributed by atoms with Crippen molar-refractivity contribution in [2.75, 3.05) is 5.73 Å². The van der Waals surface area contributed by atoms with Gasteiger partial charge in [-0.25, -0.2) is 19.6 Å². The highest BCUT2D eigenvalue weighted by Crippen LogP contribution is 2.16. The van der Waals surface area contributed by atoms with Gasteiger partial charge in [-0.3, -0.25) is 0 Å². The average molecular weight is 238 g/mol. The zero-order chi connectivity index (χ0) is 12.4. The molecule has 0 aliphatic rings. The van der Waals surface area contributed by atoms with E-state index in [2.05, 4.69) is 20.1 Å². The Bertz CT molecular complexity index is 662. The highest BCUT2D eigenvalue weighted by molar-refractivity contribution is 5.58. The molecule has 0 spiro atoms. The molecule has 3 aromatic rings. The first kappa shape index (κ1) is 10.4. The predicted octanol–water partition coefficient (Wildman–Crippen LogP) is 1.31. The van der Waals surface area contributed by atoms with Crippen molar-refractivity contribution in [3.8, 4) is 17.2 Å². The van der Waals surface area contributed by atoms with E-state index in [0.717, 1.165) is 5.56 Å². The van der Waals surface area contributed by atoms with Crippen LogP contribution in [0.25, 0.3) is 17.2 Å². The van der Waals surface area contributed by atoms with E-state index in [1.165, 1.54) is 0 Å². The highest BCUT2D eigenvalue weighted by atomic mass is 15.3. The summed E-state index contributed by atoms with van der Waals surface area (Å²) in [5.41, 5.74) is 6.49. The summed E-state index contributed by atoms with van der Waals surface area (Å²) in [6.07, 6.45) is 6.85. The highest BCUT2D eigenvalue weighted by Gasteiger charge is 2.04. The number of aromatic nitrogens is 5. The van der Waals surface area contributed by atoms with Crippen LogP contribution in [0.5, 0.6) is 0 Å². The molecule has 3 heterocycles. The Morgan fingerprint density at radius 2 is 1.94 bits per heavy atom. The van der Waals surface area contributed by atoms with Crippen molar-refractivity contribution < 1.29 is 0 Å². The summed E-state index contributed by atoms with van der Waals surface area (Å²) in [4.78, 5) is 12.6. The molecule has 6 nitrogen and oxygen atoms in total. The number of rotatable bonds is 2. The van der Waals surface area contributed by atoms with Gasteiger partial charge in [0.2, 0.25) is 0 Å². The monoisotopic (exact) mass is 238 g/mol. The molecule has 3 aromatic heterocycles. The average Bonchev–Trinajstić information content (AvgIpc) is 2.93. The maximum Gasteiger partial charge on any atom is 0.161 e. The summed E-state index contributed by atoms with van der Waals surface area (Å²) in [7, 11) is 0. The zero-order valence-electron chi connectivity index (χ0n) is 9.43. The first-order valence-electron chi connectivity index (χ1n) is 5.38. The normalized spacial score (nSPS) is 10.4. The number of pyridine rings is 1. The fraction of sp³-hybridized carbons (Fsp3) is 0. The standard InChI is InChI=1S/C12H10N6/c13-10-3-6-15-12(17-10)9-2-5-14-11(8-9)18-7-1-4-16-18/h1-8H,(H2,13,15,17). The van der Waals surface area contributed by atoms with Gasteiger partial charge >= 0.3 is 0 Å². The lowest BCUT2D eigenvalue weighted by atomic mass is 10.2. The smallest absolute Gasteiger partial charge is 0.161 e. The van der Waals surface area contributed by atoms with Gasteiger partial charge in [-0.2, -0.15) is 5.10 Å². The number of nitrogens with zero attached hydrogens (tertiary/aromatic N) is 5. The Morgan fingerprint density at radius 1 is 1.06 bits per heavy atom. The van der Waals surface area contributed by atoms with E-state index >= 15 is 0 Å². The molecule has 0 radical (unpaired) electrons. The van der Waals surface area contributed by atoms with Gasteiger partial charge in [0.25, 0.3) is 0 Å². The van der Waals surface area contributed by atoms with Crippen LogP contribution in [0.1, 0.15) is 0 Å². The van der Waals surface area contributed by atoms with E-state index < -0.39 is 0 Å². The molecule has 0 aliphatic heterocycles. The van der Waals surface area contributed by atoms with Gasteiger partial charge in [0, 0.05) is 30.4 Å². The minimum atomic E-state index is 0.442. The van der Waals surface area contributed by atoms with Crippen LogP contribution in [-0.4, -0.2) is 24.7 Å². The maximum atomic E-state index is 5.64. The Kier molecular flexibility index (Phi) is 2.45. The van der Waals surface area contributed by atoms with Gasteiger partial charge < -0.3 is 5.73 Å². The quantitative estimate of drug-likeness (QED) is 0.727. The van der Waals surface area contributed by atoms with E-state index in [4.69, 9.17) is 5.73 Å². The van der Waals surface area contributed by atoms with Crippen LogP contribution in [-0.2, 0) is 0 Å². The molecular weight excluding hydrogens is 228 g/mol. The first-order chi connectivity index (χ1) is 8.83. The van der Waals surface area contributed by atoms with Crippen molar-refractivity contribution in [3.63, 3.8) is 0 Å². The number of nitrogen functional groups attached to an aromatic ring is 1. The second-order valence-corrected chi connectivity index (χ2v) is 3.66. The van der Waals surface area contributed by atoms with Crippen LogP contribution >= 0.6 is 0 Å². The summed E-state index contributed by atoms with van der Waals surface area (Å²) in [5, 5.41) is 4.13. The largest absolute Gasteiger partial charge is 0.384 e. The molecule has 0 aromatic carbocycles. The van der Waals surface area contributed by atoms with Crippen LogP contribution < -0.4 is 5.73 Å². The summed E-state index contributed by atoms with van der Waals surface area (Å²) < 4.78 is 1.68. The Morgan fingerprint density at radius 3 is 2.72 bits per heavy atom. The van der Waals surface area contributed by atoms with Gasteiger partial charge in [0.1, 0.15) is 5.82 Å². The van der Waals surface area contributed by atoms with Gasteiger partial charge in [-0.1, -0.05) is 0 Å². The van der Waals surface area contributed by atoms with Crippen LogP contribution in [0.3, 0.4) is 0 Å². The van der Waals surface area contributed by atoms with Gasteiger partial charge in [0.15, 0.2) is 11.6 Å². The molecule has 0 aliphatic carbocycles. The zero-order valence-corrected chi connectivity index (χ0v) is 9.43. The molecule has 2 N–H and O–H groups in total. The second-order valence-electron chi connectivity index (χ2n) is 3.66. The third-order valence-corrected chi connectivity index (χ3v) is 2.42. The molecule has 0 atom stereocenters. The van der Waals surface area contributed by atoms with Crippen molar-refractivity contribution in [1.82, 2.24) is 24.7 Å². The predicted molar refractivity (Wildman–Crippen MR) is 66.8 cm³/mol. The Balaban J connectivity index is 2.06. The van der Waals surface area contributed by atoms with Gasteiger partial charge in [-0.05, 0) is 24.3 Å². The molecule has 6 heteroatoms. The number of hydrogen-bond donors (Lipinski definition) is 1. The van der Waals surface area contributed by atoms with E-state index in [1.54, 1.807) is 29.3 Å². The second kappa shape index (κ2) is 4.25. The summed E-state index contributed by atoms with van der Waals surface area (Å²) in [5.74, 6) is 1.73. The topological polar surface area (TPSA) is 82.5 Å².